The summed E-state index contributed by atoms with van der Waals surface area (Å²) in [5, 5.41) is 2.06. The minimum absolute atomic E-state index is 1.09. The van der Waals surface area contributed by atoms with Crippen LogP contribution in [0.1, 0.15) is 5.56 Å². The van der Waals surface area contributed by atoms with Crippen molar-refractivity contribution in [3.63, 3.8) is 0 Å². The lowest BCUT2D eigenvalue weighted by Gasteiger charge is -2.24. The van der Waals surface area contributed by atoms with Crippen LogP contribution in [0.25, 0.3) is 6.08 Å². The first-order chi connectivity index (χ1) is 10.9. The second-order valence-corrected chi connectivity index (χ2v) is 4.88. The number of hydrogen-bond donors (Lipinski definition) is 1. The van der Waals surface area contributed by atoms with Gasteiger partial charge in [-0.25, -0.2) is 0 Å². The van der Waals surface area contributed by atoms with E-state index in [9.17, 15) is 0 Å². The van der Waals surface area contributed by atoms with E-state index < -0.39 is 0 Å². The molecule has 0 aliphatic carbocycles. The third-order valence-corrected chi connectivity index (χ3v) is 3.31. The number of hydrogen-bond acceptors (Lipinski definition) is 2. The first-order valence-corrected chi connectivity index (χ1v) is 7.31. The van der Waals surface area contributed by atoms with Crippen LogP contribution in [-0.4, -0.2) is 0 Å². The van der Waals surface area contributed by atoms with Crippen LogP contribution in [0.2, 0.25) is 0 Å². The van der Waals surface area contributed by atoms with Crippen LogP contribution in [0.4, 0.5) is 11.4 Å². The Morgan fingerprint density at radius 2 is 1.05 bits per heavy atom. The molecule has 0 atom stereocenters. The molecule has 0 spiro atoms. The summed E-state index contributed by atoms with van der Waals surface area (Å²) in [4.78, 5) is 0. The van der Waals surface area contributed by atoms with Gasteiger partial charge in [0, 0.05) is 6.20 Å². The second-order valence-electron chi connectivity index (χ2n) is 4.88. The van der Waals surface area contributed by atoms with Gasteiger partial charge in [-0.15, -0.1) is 0 Å². The van der Waals surface area contributed by atoms with Gasteiger partial charge in [-0.2, -0.15) is 0 Å². The molecule has 0 fully saturated rings. The molecular weight excluding hydrogens is 268 g/mol. The highest BCUT2D eigenvalue weighted by atomic mass is 15.5. The van der Waals surface area contributed by atoms with Gasteiger partial charge in [0.2, 0.25) is 0 Å². The maximum atomic E-state index is 3.35. The molecule has 0 aliphatic heterocycles. The molecule has 0 heterocycles. The van der Waals surface area contributed by atoms with Crippen molar-refractivity contribution in [1.29, 1.82) is 0 Å². The van der Waals surface area contributed by atoms with Gasteiger partial charge >= 0.3 is 0 Å². The topological polar surface area (TPSA) is 15.3 Å². The van der Waals surface area contributed by atoms with Crippen molar-refractivity contribution in [2.75, 3.05) is 5.01 Å². The Hall–Kier alpha value is -3.00. The van der Waals surface area contributed by atoms with Gasteiger partial charge in [-0.05, 0) is 35.9 Å². The molecule has 0 unspecified atom stereocenters. The molecule has 0 saturated carbocycles. The van der Waals surface area contributed by atoms with E-state index in [2.05, 4.69) is 52.9 Å². The summed E-state index contributed by atoms with van der Waals surface area (Å²) in [6.45, 7) is 0. The van der Waals surface area contributed by atoms with E-state index in [0.717, 1.165) is 16.9 Å². The fourth-order valence-corrected chi connectivity index (χ4v) is 2.22. The summed E-state index contributed by atoms with van der Waals surface area (Å²) in [5.41, 5.74) is 6.70. The Bertz CT molecular complexity index is 667. The minimum atomic E-state index is 1.09. The van der Waals surface area contributed by atoms with Crippen molar-refractivity contribution in [3.8, 4) is 0 Å². The lowest BCUT2D eigenvalue weighted by molar-refractivity contribution is 0.891. The quantitative estimate of drug-likeness (QED) is 0.664. The summed E-state index contributed by atoms with van der Waals surface area (Å²) in [6, 6.07) is 30.7. The highest BCUT2D eigenvalue weighted by Crippen LogP contribution is 2.22. The molecule has 1 N–H and O–H groups in total. The van der Waals surface area contributed by atoms with Crippen LogP contribution in [0.3, 0.4) is 0 Å². The number of hydrazine groups is 1. The molecule has 108 valence electrons. The van der Waals surface area contributed by atoms with Gasteiger partial charge in [0.1, 0.15) is 0 Å². The molecule has 2 nitrogen and oxygen atoms in total. The molecule has 0 saturated heterocycles. The van der Waals surface area contributed by atoms with E-state index in [4.69, 9.17) is 0 Å². The first-order valence-electron chi connectivity index (χ1n) is 7.31. The van der Waals surface area contributed by atoms with E-state index >= 15 is 0 Å². The molecule has 3 rings (SSSR count). The third kappa shape index (κ3) is 3.55. The first kappa shape index (κ1) is 14.0. The number of nitrogens with one attached hydrogen (secondary N) is 1. The maximum Gasteiger partial charge on any atom is 0.0630 e. The summed E-state index contributed by atoms with van der Waals surface area (Å²) < 4.78 is 0. The predicted octanol–water partition coefficient (Wildman–Crippen LogP) is 5.00. The van der Waals surface area contributed by atoms with Crippen LogP contribution in [0.5, 0.6) is 0 Å². The molecule has 3 aromatic carbocycles. The summed E-state index contributed by atoms with van der Waals surface area (Å²) in [5.74, 6) is 0. The van der Waals surface area contributed by atoms with Crippen LogP contribution in [0.15, 0.2) is 97.2 Å². The number of rotatable bonds is 5. The van der Waals surface area contributed by atoms with Gasteiger partial charge in [0.15, 0.2) is 0 Å². The SMILES string of the molecule is C(=Cc1ccccc1)NN(c1ccccc1)c1ccccc1. The van der Waals surface area contributed by atoms with Gasteiger partial charge < -0.3 is 5.43 Å². The van der Waals surface area contributed by atoms with E-state index in [1.807, 2.05) is 60.8 Å². The summed E-state index contributed by atoms with van der Waals surface area (Å²) >= 11 is 0. The molecular formula is C20H18N2. The molecule has 0 radical (unpaired) electrons. The Kier molecular flexibility index (Phi) is 4.53. The average Bonchev–Trinajstić information content (AvgIpc) is 2.61. The van der Waals surface area contributed by atoms with Crippen molar-refractivity contribution in [2.45, 2.75) is 0 Å². The predicted molar refractivity (Wildman–Crippen MR) is 93.6 cm³/mol. The molecule has 2 heteroatoms. The summed E-state index contributed by atoms with van der Waals surface area (Å²) in [7, 11) is 0. The van der Waals surface area contributed by atoms with Crippen molar-refractivity contribution in [2.24, 2.45) is 0 Å². The molecule has 0 aliphatic rings. The minimum Gasteiger partial charge on any atom is -0.301 e. The zero-order valence-corrected chi connectivity index (χ0v) is 12.3. The molecule has 22 heavy (non-hydrogen) atoms. The average molecular weight is 286 g/mol. The van der Waals surface area contributed by atoms with E-state index in [1.165, 1.54) is 0 Å². The number of anilines is 2. The third-order valence-electron chi connectivity index (χ3n) is 3.31. The van der Waals surface area contributed by atoms with Gasteiger partial charge in [-0.3, -0.25) is 5.01 Å². The molecule has 3 aromatic rings. The second kappa shape index (κ2) is 7.14. The molecule has 0 amide bonds. The number of benzene rings is 3. The van der Waals surface area contributed by atoms with Crippen LogP contribution in [-0.2, 0) is 0 Å². The number of para-hydroxylation sites is 2. The fraction of sp³-hybridized carbons (Fsp3) is 0. The van der Waals surface area contributed by atoms with Gasteiger partial charge in [0.05, 0.1) is 11.4 Å². The van der Waals surface area contributed by atoms with Crippen molar-refractivity contribution < 1.29 is 0 Å². The van der Waals surface area contributed by atoms with E-state index in [0.29, 0.717) is 0 Å². The van der Waals surface area contributed by atoms with E-state index in [1.54, 1.807) is 0 Å². The van der Waals surface area contributed by atoms with E-state index in [-0.39, 0.29) is 0 Å². The van der Waals surface area contributed by atoms with Gasteiger partial charge in [-0.1, -0.05) is 66.7 Å². The lowest BCUT2D eigenvalue weighted by atomic mass is 10.2. The van der Waals surface area contributed by atoms with Gasteiger partial charge in [0.25, 0.3) is 0 Å². The molecule has 0 bridgehead atoms. The summed E-state index contributed by atoms with van der Waals surface area (Å²) in [6.07, 6.45) is 4.01. The fourth-order valence-electron chi connectivity index (χ4n) is 2.22. The van der Waals surface area contributed by atoms with Crippen molar-refractivity contribution in [3.05, 3.63) is 103 Å². The zero-order chi connectivity index (χ0) is 15.0. The normalized spacial score (nSPS) is 10.5. The van der Waals surface area contributed by atoms with Crippen LogP contribution < -0.4 is 10.4 Å². The van der Waals surface area contributed by atoms with Crippen molar-refractivity contribution in [1.82, 2.24) is 5.43 Å². The Labute approximate surface area is 131 Å². The Balaban J connectivity index is 1.82. The highest BCUT2D eigenvalue weighted by molar-refractivity contribution is 5.62. The smallest absolute Gasteiger partial charge is 0.0630 e. The zero-order valence-electron chi connectivity index (χ0n) is 12.3. The Morgan fingerprint density at radius 3 is 1.55 bits per heavy atom. The lowest BCUT2D eigenvalue weighted by Crippen LogP contribution is -2.29. The molecule has 0 aromatic heterocycles. The van der Waals surface area contributed by atoms with Crippen molar-refractivity contribution >= 4 is 17.5 Å². The monoisotopic (exact) mass is 286 g/mol. The standard InChI is InChI=1S/C20H18N2/c1-4-10-18(11-5-1)16-17-21-22(19-12-6-2-7-13-19)20-14-8-3-9-15-20/h1-17,21H. The van der Waals surface area contributed by atoms with Crippen LogP contribution in [0, 0.1) is 0 Å². The largest absolute Gasteiger partial charge is 0.301 e. The maximum absolute atomic E-state index is 3.35. The number of nitrogens with zero attached hydrogens (tertiary/aromatic N) is 1. The van der Waals surface area contributed by atoms with Crippen LogP contribution >= 0.6 is 0 Å². The Morgan fingerprint density at radius 1 is 0.591 bits per heavy atom. The highest BCUT2D eigenvalue weighted by Gasteiger charge is 2.05.